The quantitative estimate of drug-likeness (QED) is 0.843. The van der Waals surface area contributed by atoms with Crippen molar-refractivity contribution in [1.29, 1.82) is 0 Å². The van der Waals surface area contributed by atoms with Gasteiger partial charge >= 0.3 is 5.63 Å². The molecule has 0 saturated heterocycles. The topological polar surface area (TPSA) is 59.7 Å². The Morgan fingerprint density at radius 3 is 2.41 bits per heavy atom. The third kappa shape index (κ3) is 3.71. The second-order valence-corrected chi connectivity index (χ2v) is 7.31. The molecule has 0 aliphatic rings. The largest absolute Gasteiger partial charge is 0.507 e. The zero-order chi connectivity index (χ0) is 13.2. The highest BCUT2D eigenvalue weighted by Gasteiger charge is 2.21. The normalized spacial score (nSPS) is 12.1. The fraction of sp³-hybridized carbons (Fsp3) is 0.583. The summed E-state index contributed by atoms with van der Waals surface area (Å²) < 4.78 is 10.6. The van der Waals surface area contributed by atoms with Gasteiger partial charge in [-0.15, -0.1) is 0 Å². The molecule has 1 radical (unpaired) electrons. The predicted octanol–water partition coefficient (Wildman–Crippen LogP) is 2.41. The van der Waals surface area contributed by atoms with E-state index in [9.17, 15) is 9.90 Å². The zero-order valence-corrected chi connectivity index (χ0v) is 12.0. The first-order valence-corrected chi connectivity index (χ1v) is 7.92. The van der Waals surface area contributed by atoms with Crippen LogP contribution in [0.5, 0.6) is 5.75 Å². The molecule has 0 unspecified atom stereocenters. The lowest BCUT2D eigenvalue weighted by molar-refractivity contribution is 0.287. The highest BCUT2D eigenvalue weighted by molar-refractivity contribution is 6.48. The van der Waals surface area contributed by atoms with Crippen molar-refractivity contribution in [3.63, 3.8) is 0 Å². The summed E-state index contributed by atoms with van der Waals surface area (Å²) in [4.78, 5) is 11.7. The van der Waals surface area contributed by atoms with Crippen molar-refractivity contribution in [2.24, 2.45) is 0 Å². The molecule has 4 nitrogen and oxygen atoms in total. The van der Waals surface area contributed by atoms with Gasteiger partial charge in [-0.3, -0.25) is 0 Å². The summed E-state index contributed by atoms with van der Waals surface area (Å²) in [5.41, 5.74) is -0.622. The van der Waals surface area contributed by atoms with Crippen LogP contribution < -0.4 is 5.63 Å². The van der Waals surface area contributed by atoms with E-state index in [2.05, 4.69) is 0 Å². The van der Waals surface area contributed by atoms with E-state index in [-0.39, 0.29) is 23.3 Å². The zero-order valence-electron chi connectivity index (χ0n) is 11.0. The maximum Gasteiger partial charge on any atom is 0.345 e. The first-order chi connectivity index (χ1) is 7.71. The van der Waals surface area contributed by atoms with Crippen LogP contribution in [0.1, 0.15) is 32.1 Å². The number of aromatic hydroxyl groups is 1. The van der Waals surface area contributed by atoms with E-state index in [1.54, 1.807) is 0 Å². The summed E-state index contributed by atoms with van der Waals surface area (Å²) in [5.74, 6) is 0.428. The molecule has 1 aromatic heterocycles. The maximum absolute atomic E-state index is 11.7. The van der Waals surface area contributed by atoms with Crippen LogP contribution in [0.25, 0.3) is 0 Å². The molecule has 17 heavy (non-hydrogen) atoms. The summed E-state index contributed by atoms with van der Waals surface area (Å²) in [7, 11) is -0.895. The molecule has 1 N–H and O–H groups in total. The maximum atomic E-state index is 11.7. The molecule has 1 heterocycles. The van der Waals surface area contributed by atoms with Gasteiger partial charge in [0.2, 0.25) is 9.04 Å². The van der Waals surface area contributed by atoms with Crippen molar-refractivity contribution in [1.82, 2.24) is 0 Å². The van der Waals surface area contributed by atoms with Crippen LogP contribution in [0, 0.1) is 0 Å². The van der Waals surface area contributed by atoms with Crippen LogP contribution in [0.4, 0.5) is 0 Å². The molecule has 1 aromatic rings. The third-order valence-electron chi connectivity index (χ3n) is 2.27. The van der Waals surface area contributed by atoms with Gasteiger partial charge in [0.25, 0.3) is 0 Å². The first-order valence-electron chi connectivity index (χ1n) is 5.51. The second kappa shape index (κ2) is 5.06. The lowest BCUT2D eigenvalue weighted by Crippen LogP contribution is -2.19. The van der Waals surface area contributed by atoms with E-state index >= 15 is 0 Å². The van der Waals surface area contributed by atoms with E-state index in [1.165, 1.54) is 6.07 Å². The van der Waals surface area contributed by atoms with Gasteiger partial charge in [-0.05, 0) is 13.1 Å². The molecule has 0 aromatic carbocycles. The summed E-state index contributed by atoms with van der Waals surface area (Å²) in [5, 5.41) is 9.82. The van der Waals surface area contributed by atoms with Gasteiger partial charge in [0, 0.05) is 11.5 Å². The molecular formula is C12H19O4Si. The third-order valence-corrected chi connectivity index (χ3v) is 2.99. The summed E-state index contributed by atoms with van der Waals surface area (Å²) in [6.07, 6.45) is 0. The molecule has 0 saturated carbocycles. The Kier molecular flexibility index (Phi) is 4.16. The molecule has 0 bridgehead atoms. The van der Waals surface area contributed by atoms with Crippen molar-refractivity contribution in [3.05, 3.63) is 27.8 Å². The average molecular weight is 255 g/mol. The fourth-order valence-corrected chi connectivity index (χ4v) is 1.66. The predicted molar refractivity (Wildman–Crippen MR) is 67.6 cm³/mol. The van der Waals surface area contributed by atoms with Gasteiger partial charge in [0.15, 0.2) is 0 Å². The van der Waals surface area contributed by atoms with Crippen molar-refractivity contribution in [3.8, 4) is 5.75 Å². The van der Waals surface area contributed by atoms with E-state index in [1.807, 2.05) is 33.9 Å². The lowest BCUT2D eigenvalue weighted by atomic mass is 9.92. The summed E-state index contributed by atoms with van der Waals surface area (Å²) in [6, 6.07) is 1.50. The summed E-state index contributed by atoms with van der Waals surface area (Å²) in [6.45, 7) is 9.79. The van der Waals surface area contributed by atoms with Gasteiger partial charge in [-0.1, -0.05) is 20.8 Å². The minimum atomic E-state index is -0.895. The number of hydrogen-bond acceptors (Lipinski definition) is 4. The molecular weight excluding hydrogens is 236 g/mol. The molecule has 0 spiro atoms. The Bertz CT molecular complexity index is 443. The van der Waals surface area contributed by atoms with Gasteiger partial charge in [-0.25, -0.2) is 4.79 Å². The van der Waals surface area contributed by atoms with Crippen LogP contribution in [0.2, 0.25) is 13.1 Å². The standard InChI is InChI=1S/C12H19O4Si/c1-12(2,3)10-6-9(13)8(11(14)16-10)7-15-17(4)5/h6,13H,7H2,1-5H3. The molecule has 1 rings (SSSR count). The molecule has 95 valence electrons. The van der Waals surface area contributed by atoms with E-state index in [4.69, 9.17) is 8.84 Å². The highest BCUT2D eigenvalue weighted by atomic mass is 28.3. The Hall–Kier alpha value is -1.07. The van der Waals surface area contributed by atoms with Gasteiger partial charge in [0.05, 0.1) is 6.61 Å². The smallest absolute Gasteiger partial charge is 0.345 e. The van der Waals surface area contributed by atoms with Crippen LogP contribution in [0.3, 0.4) is 0 Å². The molecule has 0 atom stereocenters. The van der Waals surface area contributed by atoms with Crippen molar-refractivity contribution < 1.29 is 13.9 Å². The molecule has 0 fully saturated rings. The van der Waals surface area contributed by atoms with Crippen LogP contribution in [-0.2, 0) is 16.4 Å². The van der Waals surface area contributed by atoms with Crippen LogP contribution in [-0.4, -0.2) is 14.1 Å². The van der Waals surface area contributed by atoms with E-state index in [0.717, 1.165) is 0 Å². The van der Waals surface area contributed by atoms with Crippen molar-refractivity contribution in [2.75, 3.05) is 0 Å². The Morgan fingerprint density at radius 2 is 2.00 bits per heavy atom. The molecule has 0 aliphatic carbocycles. The second-order valence-electron chi connectivity index (χ2n) is 5.21. The lowest BCUT2D eigenvalue weighted by Gasteiger charge is -2.17. The molecule has 0 amide bonds. The van der Waals surface area contributed by atoms with E-state index < -0.39 is 14.7 Å². The first kappa shape index (κ1) is 14.0. The van der Waals surface area contributed by atoms with Gasteiger partial charge in [0.1, 0.15) is 17.1 Å². The number of hydrogen-bond donors (Lipinski definition) is 1. The van der Waals surface area contributed by atoms with Crippen molar-refractivity contribution in [2.45, 2.75) is 45.9 Å². The van der Waals surface area contributed by atoms with Crippen LogP contribution >= 0.6 is 0 Å². The summed E-state index contributed by atoms with van der Waals surface area (Å²) >= 11 is 0. The monoisotopic (exact) mass is 255 g/mol. The SMILES string of the molecule is C[Si](C)OCc1c(O)cc(C(C)(C)C)oc1=O. The average Bonchev–Trinajstić information content (AvgIpc) is 2.14. The highest BCUT2D eigenvalue weighted by Crippen LogP contribution is 2.25. The Balaban J connectivity index is 3.07. The Labute approximate surface area is 103 Å². The Morgan fingerprint density at radius 1 is 1.41 bits per heavy atom. The van der Waals surface area contributed by atoms with E-state index in [0.29, 0.717) is 5.76 Å². The minimum Gasteiger partial charge on any atom is -0.507 e. The fourth-order valence-electron chi connectivity index (χ4n) is 1.23. The molecule has 5 heteroatoms. The van der Waals surface area contributed by atoms with Crippen molar-refractivity contribution >= 4 is 9.04 Å². The van der Waals surface area contributed by atoms with Gasteiger partial charge in [-0.2, -0.15) is 0 Å². The van der Waals surface area contributed by atoms with Crippen LogP contribution in [0.15, 0.2) is 15.3 Å². The molecule has 0 aliphatic heterocycles. The number of rotatable bonds is 3. The van der Waals surface area contributed by atoms with Gasteiger partial charge < -0.3 is 13.9 Å². The minimum absolute atomic E-state index is 0.0468.